The second kappa shape index (κ2) is 5.74. The number of nitrogens with zero attached hydrogens (tertiary/aromatic N) is 3. The molecule has 1 aliphatic rings. The summed E-state index contributed by atoms with van der Waals surface area (Å²) in [4.78, 5) is 13.3. The van der Waals surface area contributed by atoms with Gasteiger partial charge in [0.25, 0.3) is 0 Å². The molecule has 9 heteroatoms. The predicted molar refractivity (Wildman–Crippen MR) is 77.1 cm³/mol. The molecule has 0 saturated carbocycles. The first-order valence-electron chi connectivity index (χ1n) is 6.52. The Labute approximate surface area is 122 Å². The minimum Gasteiger partial charge on any atom is -0.285 e. The average molecular weight is 318 g/mol. The summed E-state index contributed by atoms with van der Waals surface area (Å²) >= 11 is 1.35. The highest BCUT2D eigenvalue weighted by Crippen LogP contribution is 2.32. The van der Waals surface area contributed by atoms with Crippen LogP contribution in [0, 0.1) is 0 Å². The lowest BCUT2D eigenvalue weighted by Crippen LogP contribution is -2.32. The number of hydrogen-bond donors (Lipinski definition) is 1. The Morgan fingerprint density at radius 1 is 1.40 bits per heavy atom. The van der Waals surface area contributed by atoms with E-state index in [2.05, 4.69) is 24.0 Å². The molecular formula is C11H18N4O3S2. The van der Waals surface area contributed by atoms with Crippen molar-refractivity contribution in [3.05, 3.63) is 5.01 Å². The van der Waals surface area contributed by atoms with Crippen molar-refractivity contribution < 1.29 is 13.2 Å². The molecular weight excluding hydrogens is 300 g/mol. The molecule has 0 spiro atoms. The summed E-state index contributed by atoms with van der Waals surface area (Å²) in [5.74, 6) is 0.0595. The maximum absolute atomic E-state index is 11.9. The van der Waals surface area contributed by atoms with E-state index in [1.807, 2.05) is 0 Å². The summed E-state index contributed by atoms with van der Waals surface area (Å²) in [5, 5.41) is 13.7. The highest BCUT2D eigenvalue weighted by Gasteiger charge is 2.38. The molecule has 1 aromatic heterocycles. The summed E-state index contributed by atoms with van der Waals surface area (Å²) < 4.78 is 22.7. The van der Waals surface area contributed by atoms with E-state index in [9.17, 15) is 13.2 Å². The second-order valence-corrected chi connectivity index (χ2v) is 7.69. The summed E-state index contributed by atoms with van der Waals surface area (Å²) in [6, 6.07) is 0. The maximum Gasteiger partial charge on any atom is 0.230 e. The zero-order valence-corrected chi connectivity index (χ0v) is 13.1. The molecule has 0 aliphatic carbocycles. The first-order chi connectivity index (χ1) is 9.36. The Kier molecular flexibility index (Phi) is 4.40. The third kappa shape index (κ3) is 2.99. The smallest absolute Gasteiger partial charge is 0.230 e. The van der Waals surface area contributed by atoms with E-state index in [-0.39, 0.29) is 18.9 Å². The highest BCUT2D eigenvalue weighted by atomic mass is 32.2. The van der Waals surface area contributed by atoms with Gasteiger partial charge in [-0.15, -0.1) is 10.2 Å². The molecule has 20 heavy (non-hydrogen) atoms. The van der Waals surface area contributed by atoms with Gasteiger partial charge < -0.3 is 0 Å². The number of hydrogen-bond acceptors (Lipinski definition) is 6. The number of primary sulfonamides is 1. The third-order valence-corrected chi connectivity index (χ3v) is 5.90. The normalized spacial score (nSPS) is 20.1. The zero-order chi connectivity index (χ0) is 14.9. The molecule has 2 rings (SSSR count). The van der Waals surface area contributed by atoms with Gasteiger partial charge in [0.1, 0.15) is 10.3 Å². The lowest BCUT2D eigenvalue weighted by atomic mass is 10.1. The molecule has 0 aromatic carbocycles. The number of carbonyl (C=O) groups excluding carboxylic acids is 1. The van der Waals surface area contributed by atoms with Crippen molar-refractivity contribution in [1.82, 2.24) is 10.2 Å². The van der Waals surface area contributed by atoms with E-state index in [1.165, 1.54) is 16.2 Å². The van der Waals surface area contributed by atoms with Gasteiger partial charge in [-0.2, -0.15) is 0 Å². The summed E-state index contributed by atoms with van der Waals surface area (Å²) in [7, 11) is -3.70. The van der Waals surface area contributed by atoms with Gasteiger partial charge in [-0.05, 0) is 12.8 Å². The van der Waals surface area contributed by atoms with Crippen LogP contribution in [0.3, 0.4) is 0 Å². The van der Waals surface area contributed by atoms with Crippen molar-refractivity contribution in [3.63, 3.8) is 0 Å². The van der Waals surface area contributed by atoms with Gasteiger partial charge in [-0.3, -0.25) is 9.69 Å². The van der Waals surface area contributed by atoms with E-state index in [1.54, 1.807) is 0 Å². The quantitative estimate of drug-likeness (QED) is 0.865. The fourth-order valence-electron chi connectivity index (χ4n) is 2.22. The molecule has 0 radical (unpaired) electrons. The van der Waals surface area contributed by atoms with Crippen LogP contribution in [0.4, 0.5) is 5.13 Å². The minimum absolute atomic E-state index is 0.0647. The predicted octanol–water partition coefficient (Wildman–Crippen LogP) is 0.835. The Bertz CT molecular complexity index is 595. The van der Waals surface area contributed by atoms with Crippen LogP contribution < -0.4 is 10.0 Å². The van der Waals surface area contributed by atoms with Crippen molar-refractivity contribution in [2.45, 2.75) is 44.3 Å². The van der Waals surface area contributed by atoms with Gasteiger partial charge >= 0.3 is 0 Å². The number of nitrogens with two attached hydrogens (primary N) is 1. The lowest BCUT2D eigenvalue weighted by Gasteiger charge is -2.11. The van der Waals surface area contributed by atoms with Crippen LogP contribution in [-0.2, 0) is 14.8 Å². The molecule has 7 nitrogen and oxygen atoms in total. The van der Waals surface area contributed by atoms with Crippen molar-refractivity contribution in [1.29, 1.82) is 0 Å². The molecule has 1 fully saturated rings. The fraction of sp³-hybridized carbons (Fsp3) is 0.727. The number of aromatic nitrogens is 2. The van der Waals surface area contributed by atoms with Crippen LogP contribution in [0.5, 0.6) is 0 Å². The van der Waals surface area contributed by atoms with Gasteiger partial charge in [0, 0.05) is 18.9 Å². The molecule has 1 aliphatic heterocycles. The zero-order valence-electron chi connectivity index (χ0n) is 11.4. The molecule has 0 bridgehead atoms. The molecule has 1 saturated heterocycles. The largest absolute Gasteiger partial charge is 0.285 e. The maximum atomic E-state index is 11.9. The van der Waals surface area contributed by atoms with Crippen LogP contribution in [0.15, 0.2) is 0 Å². The van der Waals surface area contributed by atoms with E-state index < -0.39 is 15.3 Å². The molecule has 1 atom stereocenters. The molecule has 1 unspecified atom stereocenters. The number of anilines is 1. The van der Waals surface area contributed by atoms with E-state index >= 15 is 0 Å². The lowest BCUT2D eigenvalue weighted by molar-refractivity contribution is -0.117. The Balaban J connectivity index is 2.19. The highest BCUT2D eigenvalue weighted by molar-refractivity contribution is 7.89. The first-order valence-corrected chi connectivity index (χ1v) is 8.94. The fourth-order valence-corrected chi connectivity index (χ4v) is 4.09. The van der Waals surface area contributed by atoms with Gasteiger partial charge in [-0.25, -0.2) is 13.6 Å². The Morgan fingerprint density at radius 3 is 2.55 bits per heavy atom. The minimum atomic E-state index is -3.70. The van der Waals surface area contributed by atoms with Crippen molar-refractivity contribution >= 4 is 32.4 Å². The van der Waals surface area contributed by atoms with Crippen molar-refractivity contribution in [3.8, 4) is 0 Å². The van der Waals surface area contributed by atoms with Crippen LogP contribution in [0.2, 0.25) is 0 Å². The molecule has 1 aromatic rings. The van der Waals surface area contributed by atoms with Crippen molar-refractivity contribution in [2.75, 3.05) is 11.4 Å². The van der Waals surface area contributed by atoms with Gasteiger partial charge in [0.2, 0.25) is 21.1 Å². The summed E-state index contributed by atoms with van der Waals surface area (Å²) in [5.41, 5.74) is 0. The first kappa shape index (κ1) is 15.3. The monoisotopic (exact) mass is 318 g/mol. The molecule has 112 valence electrons. The van der Waals surface area contributed by atoms with Crippen LogP contribution in [0.25, 0.3) is 0 Å². The Morgan fingerprint density at radius 2 is 2.05 bits per heavy atom. The number of rotatable bonds is 5. The van der Waals surface area contributed by atoms with E-state index in [0.29, 0.717) is 11.0 Å². The average Bonchev–Trinajstić information content (AvgIpc) is 2.96. The standard InChI is InChI=1S/C11H18N4O3S2/c1-3-7(4-2)10-13-14-11(19-10)15-6-8(5-9(15)16)20(12,17)18/h7-8H,3-6H2,1-2H3,(H2,12,17,18). The van der Waals surface area contributed by atoms with Crippen LogP contribution in [0.1, 0.15) is 44.0 Å². The van der Waals surface area contributed by atoms with Gasteiger partial charge in [-0.1, -0.05) is 25.2 Å². The Hall–Kier alpha value is -1.06. The van der Waals surface area contributed by atoms with E-state index in [0.717, 1.165) is 17.8 Å². The second-order valence-electron chi connectivity index (χ2n) is 4.86. The summed E-state index contributed by atoms with van der Waals surface area (Å²) in [6.45, 7) is 4.22. The van der Waals surface area contributed by atoms with Gasteiger partial charge in [0.15, 0.2) is 0 Å². The number of sulfonamides is 1. The molecule has 2 N–H and O–H groups in total. The van der Waals surface area contributed by atoms with Gasteiger partial charge in [0.05, 0.1) is 0 Å². The SMILES string of the molecule is CCC(CC)c1nnc(N2CC(S(N)(=O)=O)CC2=O)s1. The van der Waals surface area contributed by atoms with Crippen LogP contribution in [-0.4, -0.2) is 36.3 Å². The van der Waals surface area contributed by atoms with Crippen LogP contribution >= 0.6 is 11.3 Å². The van der Waals surface area contributed by atoms with Crippen molar-refractivity contribution in [2.24, 2.45) is 5.14 Å². The number of amides is 1. The number of carbonyl (C=O) groups is 1. The summed E-state index contributed by atoms with van der Waals surface area (Å²) in [6.07, 6.45) is 1.83. The third-order valence-electron chi connectivity index (χ3n) is 3.55. The van der Waals surface area contributed by atoms with E-state index in [4.69, 9.17) is 5.14 Å². The topological polar surface area (TPSA) is 106 Å². The molecule has 1 amide bonds. The molecule has 2 heterocycles.